The maximum Gasteiger partial charge on any atom is 0.0278 e. The summed E-state index contributed by atoms with van der Waals surface area (Å²) in [5.74, 6) is 3.20. The fourth-order valence-corrected chi connectivity index (χ4v) is 12.4. The Labute approximate surface area is 305 Å². The van der Waals surface area contributed by atoms with Gasteiger partial charge in [-0.15, -0.1) is 0 Å². The van der Waals surface area contributed by atoms with Gasteiger partial charge in [0, 0.05) is 5.41 Å². The molecule has 0 radical (unpaired) electrons. The van der Waals surface area contributed by atoms with Crippen molar-refractivity contribution in [2.24, 2.45) is 23.7 Å². The van der Waals surface area contributed by atoms with Gasteiger partial charge in [-0.25, -0.2) is 0 Å². The second kappa shape index (κ2) is 10.8. The van der Waals surface area contributed by atoms with Crippen molar-refractivity contribution >= 4 is 32.3 Å². The van der Waals surface area contributed by atoms with Gasteiger partial charge < -0.3 is 0 Å². The van der Waals surface area contributed by atoms with Crippen molar-refractivity contribution in [3.05, 3.63) is 169 Å². The molecule has 248 valence electrons. The smallest absolute Gasteiger partial charge is 0.0278 e. The average molecular weight is 665 g/mol. The lowest BCUT2D eigenvalue weighted by Crippen LogP contribution is -2.55. The van der Waals surface area contributed by atoms with Gasteiger partial charge in [0.25, 0.3) is 0 Å². The fourth-order valence-electron chi connectivity index (χ4n) is 12.4. The number of rotatable bonds is 3. The Hall–Kier alpha value is -5.46. The van der Waals surface area contributed by atoms with Crippen molar-refractivity contribution in [1.82, 2.24) is 0 Å². The van der Waals surface area contributed by atoms with Gasteiger partial charge in [0.1, 0.15) is 0 Å². The summed E-state index contributed by atoms with van der Waals surface area (Å²) in [6, 6.07) is 60.1. The minimum absolute atomic E-state index is 0.0591. The molecule has 0 amide bonds. The van der Waals surface area contributed by atoms with Gasteiger partial charge in [-0.05, 0) is 162 Å². The van der Waals surface area contributed by atoms with Crippen LogP contribution in [-0.4, -0.2) is 0 Å². The van der Waals surface area contributed by atoms with Crippen LogP contribution in [0, 0.1) is 23.7 Å². The molecule has 8 aromatic carbocycles. The largest absolute Gasteiger partial charge is 0.0622 e. The zero-order chi connectivity index (χ0) is 34.0. The third kappa shape index (κ3) is 3.88. The molecule has 5 aliphatic carbocycles. The average Bonchev–Trinajstić information content (AvgIpc) is 3.48. The third-order valence-electron chi connectivity index (χ3n) is 14.0. The molecule has 4 saturated carbocycles. The second-order valence-electron chi connectivity index (χ2n) is 16.4. The van der Waals surface area contributed by atoms with Gasteiger partial charge >= 0.3 is 0 Å². The number of benzene rings is 8. The van der Waals surface area contributed by atoms with Crippen LogP contribution < -0.4 is 0 Å². The Bertz CT molecular complexity index is 2660. The van der Waals surface area contributed by atoms with Crippen LogP contribution in [0.25, 0.3) is 76.8 Å². The highest BCUT2D eigenvalue weighted by Crippen LogP contribution is 2.71. The first-order valence-corrected chi connectivity index (χ1v) is 19.5. The van der Waals surface area contributed by atoms with E-state index in [1.54, 1.807) is 11.1 Å². The van der Waals surface area contributed by atoms with Crippen molar-refractivity contribution in [2.45, 2.75) is 37.5 Å². The van der Waals surface area contributed by atoms with E-state index in [9.17, 15) is 0 Å². The van der Waals surface area contributed by atoms with E-state index in [4.69, 9.17) is 0 Å². The van der Waals surface area contributed by atoms with E-state index in [2.05, 4.69) is 158 Å². The summed E-state index contributed by atoms with van der Waals surface area (Å²) >= 11 is 0. The lowest BCUT2D eigenvalue weighted by Gasteiger charge is -2.61. The van der Waals surface area contributed by atoms with Crippen LogP contribution >= 0.6 is 0 Å². The molecule has 0 heteroatoms. The van der Waals surface area contributed by atoms with Gasteiger partial charge in [-0.1, -0.05) is 140 Å². The highest BCUT2D eigenvalue weighted by molar-refractivity contribution is 6.22. The molecule has 0 aliphatic heterocycles. The Morgan fingerprint density at radius 1 is 0.365 bits per heavy atom. The normalized spacial score (nSPS) is 23.8. The van der Waals surface area contributed by atoms with E-state index in [-0.39, 0.29) is 5.41 Å². The first kappa shape index (κ1) is 29.2. The molecule has 1 spiro atoms. The minimum Gasteiger partial charge on any atom is -0.0622 e. The molecule has 0 nitrogen and oxygen atoms in total. The van der Waals surface area contributed by atoms with E-state index in [0.29, 0.717) is 11.8 Å². The molecule has 0 N–H and O–H groups in total. The Morgan fingerprint density at radius 3 is 1.56 bits per heavy atom. The van der Waals surface area contributed by atoms with Crippen molar-refractivity contribution in [3.63, 3.8) is 0 Å². The molecule has 0 saturated heterocycles. The predicted molar refractivity (Wildman–Crippen MR) is 219 cm³/mol. The van der Waals surface area contributed by atoms with Gasteiger partial charge in [-0.2, -0.15) is 0 Å². The molecule has 52 heavy (non-hydrogen) atoms. The lowest BCUT2D eigenvalue weighted by molar-refractivity contribution is -0.0396. The number of hydrogen-bond donors (Lipinski definition) is 0. The van der Waals surface area contributed by atoms with Crippen LogP contribution in [0.5, 0.6) is 0 Å². The van der Waals surface area contributed by atoms with Crippen LogP contribution in [0.1, 0.15) is 43.2 Å². The molecular weight excluding hydrogens is 625 g/mol. The predicted octanol–water partition coefficient (Wildman–Crippen LogP) is 13.9. The van der Waals surface area contributed by atoms with Gasteiger partial charge in [0.2, 0.25) is 0 Å². The molecule has 5 aliphatic rings. The summed E-state index contributed by atoms with van der Waals surface area (Å²) < 4.78 is 0. The molecule has 0 aromatic heterocycles. The van der Waals surface area contributed by atoms with E-state index in [1.165, 1.54) is 109 Å². The van der Waals surface area contributed by atoms with Crippen LogP contribution in [0.15, 0.2) is 158 Å². The van der Waals surface area contributed by atoms with E-state index in [0.717, 1.165) is 11.8 Å². The zero-order valence-electron chi connectivity index (χ0n) is 29.4. The summed E-state index contributed by atoms with van der Waals surface area (Å²) in [4.78, 5) is 0. The Kier molecular flexibility index (Phi) is 6.04. The molecule has 0 heterocycles. The summed E-state index contributed by atoms with van der Waals surface area (Å²) in [7, 11) is 0. The highest BCUT2D eigenvalue weighted by Gasteiger charge is 2.62. The summed E-state index contributed by atoms with van der Waals surface area (Å²) in [5.41, 5.74) is 14.3. The van der Waals surface area contributed by atoms with Crippen molar-refractivity contribution in [3.8, 4) is 44.5 Å². The quantitative estimate of drug-likeness (QED) is 0.165. The maximum absolute atomic E-state index is 2.63. The lowest BCUT2D eigenvalue weighted by atomic mass is 9.42. The van der Waals surface area contributed by atoms with Crippen molar-refractivity contribution in [2.75, 3.05) is 0 Å². The molecule has 4 bridgehead atoms. The summed E-state index contributed by atoms with van der Waals surface area (Å²) in [6.45, 7) is 0. The Morgan fingerprint density at radius 2 is 0.885 bits per heavy atom. The van der Waals surface area contributed by atoms with E-state index in [1.807, 2.05) is 0 Å². The van der Waals surface area contributed by atoms with Crippen LogP contribution in [0.3, 0.4) is 0 Å². The number of hydrogen-bond acceptors (Lipinski definition) is 0. The third-order valence-corrected chi connectivity index (χ3v) is 14.0. The minimum atomic E-state index is 0.0591. The molecular formula is C52H40. The molecule has 0 unspecified atom stereocenters. The summed E-state index contributed by atoms with van der Waals surface area (Å²) in [5, 5.41) is 8.13. The monoisotopic (exact) mass is 664 g/mol. The standard InChI is InChI=1S/C52H40/c1-2-12-34(13-3-1)35-16-10-17-38(29-35)49-41-18-6-8-20-43(41)50(44-21-9-7-19-42(44)49)46-23-11-22-45-47-30-36-14-4-5-15-37(36)31-48(47)52(51(45)46)39-25-32-24-33(27-39)28-40(52)26-32/h1-23,29-33,39-40H,24-28H2. The first-order valence-electron chi connectivity index (χ1n) is 19.5. The van der Waals surface area contributed by atoms with E-state index >= 15 is 0 Å². The second-order valence-corrected chi connectivity index (χ2v) is 16.4. The molecule has 8 aromatic rings. The molecule has 0 atom stereocenters. The highest BCUT2D eigenvalue weighted by atomic mass is 14.7. The summed E-state index contributed by atoms with van der Waals surface area (Å²) in [6.07, 6.45) is 6.98. The van der Waals surface area contributed by atoms with Gasteiger partial charge in [0.05, 0.1) is 0 Å². The van der Waals surface area contributed by atoms with Crippen molar-refractivity contribution < 1.29 is 0 Å². The number of fused-ring (bicyclic) bond motifs is 6. The molecule has 13 rings (SSSR count). The van der Waals surface area contributed by atoms with Crippen LogP contribution in [0.2, 0.25) is 0 Å². The molecule has 4 fully saturated rings. The fraction of sp³-hybridized carbons (Fsp3) is 0.192. The van der Waals surface area contributed by atoms with E-state index < -0.39 is 0 Å². The van der Waals surface area contributed by atoms with Gasteiger partial charge in [0.15, 0.2) is 0 Å². The maximum atomic E-state index is 2.63. The zero-order valence-corrected chi connectivity index (χ0v) is 29.4. The topological polar surface area (TPSA) is 0 Å². The SMILES string of the molecule is c1ccc(-c2cccc(-c3c4ccccc4c(-c4cccc5c4C4(c6cc7ccccc7cc6-5)C5CC6CC(C5)CC4C6)c4ccccc34)c2)cc1. The van der Waals surface area contributed by atoms with Gasteiger partial charge in [-0.3, -0.25) is 0 Å². The Balaban J connectivity index is 1.17. The van der Waals surface area contributed by atoms with Crippen molar-refractivity contribution in [1.29, 1.82) is 0 Å². The van der Waals surface area contributed by atoms with Crippen LogP contribution in [0.4, 0.5) is 0 Å². The first-order chi connectivity index (χ1) is 25.8. The van der Waals surface area contributed by atoms with Crippen LogP contribution in [-0.2, 0) is 5.41 Å².